The van der Waals surface area contributed by atoms with Crippen molar-refractivity contribution in [2.45, 2.75) is 75.6 Å². The van der Waals surface area contributed by atoms with E-state index in [0.29, 0.717) is 89.6 Å². The number of rotatable bonds is 10. The lowest BCUT2D eigenvalue weighted by Gasteiger charge is -2.25. The van der Waals surface area contributed by atoms with Gasteiger partial charge in [0.15, 0.2) is 11.4 Å². The molecule has 2 saturated heterocycles. The van der Waals surface area contributed by atoms with Crippen LogP contribution in [0.25, 0.3) is 44.6 Å². The number of hydrogen-bond acceptors (Lipinski definition) is 11. The van der Waals surface area contributed by atoms with Gasteiger partial charge in [-0.1, -0.05) is 35.9 Å². The van der Waals surface area contributed by atoms with Gasteiger partial charge in [0.05, 0.1) is 28.0 Å². The number of hydrogen-bond donors (Lipinski definition) is 3. The molecule has 0 spiro atoms. The highest BCUT2D eigenvalue weighted by molar-refractivity contribution is 7.90. The van der Waals surface area contributed by atoms with Crippen molar-refractivity contribution in [1.29, 1.82) is 0 Å². The lowest BCUT2D eigenvalue weighted by Crippen LogP contribution is -2.38. The second kappa shape index (κ2) is 15.6. The zero-order valence-electron chi connectivity index (χ0n) is 33.7. The number of anilines is 2. The maximum atomic E-state index is 15.0. The number of sulfonamides is 1. The molecule has 12 nitrogen and oxygen atoms in total. The maximum absolute atomic E-state index is 15.0. The number of aliphatic hydroxyl groups is 1. The van der Waals surface area contributed by atoms with Gasteiger partial charge in [0.2, 0.25) is 21.8 Å². The first-order valence-corrected chi connectivity index (χ1v) is 22.8. The Morgan fingerprint density at radius 3 is 2.55 bits per heavy atom. The highest BCUT2D eigenvalue weighted by Gasteiger charge is 2.45. The first kappa shape index (κ1) is 40.9. The van der Waals surface area contributed by atoms with Crippen LogP contribution in [0.15, 0.2) is 71.4 Å². The van der Waals surface area contributed by atoms with Gasteiger partial charge in [0.1, 0.15) is 16.6 Å². The fourth-order valence-corrected chi connectivity index (χ4v) is 11.2. The monoisotopic (exact) mass is 885 g/mol. The number of pyridine rings is 2. The Labute approximate surface area is 360 Å². The van der Waals surface area contributed by atoms with E-state index in [9.17, 15) is 18.3 Å². The second-order valence-electron chi connectivity index (χ2n) is 17.0. The predicted octanol–water partition coefficient (Wildman–Crippen LogP) is 8.31. The topological polar surface area (TPSA) is 154 Å². The number of amides is 1. The molecule has 0 unspecified atom stereocenters. The van der Waals surface area contributed by atoms with Gasteiger partial charge in [0.25, 0.3) is 0 Å². The maximum Gasteiger partial charge on any atom is 0.420 e. The summed E-state index contributed by atoms with van der Waals surface area (Å²) < 4.78 is 78.2. The SMILES string of the molecule is Cc1c(-c2nc3cc4c(c(C(F)(F)F)c3o2)CC[C@H]4N2CC[C@@H](C(=O)NS(=O)(=O)C3CC3)C2)cccc1-c1cccc(Nc2nccc3cc(CN4CC[C@@H](O)C4)cnc23)c1Cl. The number of carbonyl (C=O) groups is 1. The van der Waals surface area contributed by atoms with Crippen molar-refractivity contribution >= 4 is 61.0 Å². The zero-order chi connectivity index (χ0) is 43.1. The molecule has 5 heterocycles. The third kappa shape index (κ3) is 7.59. The molecule has 1 saturated carbocycles. The van der Waals surface area contributed by atoms with Crippen molar-refractivity contribution in [3.8, 4) is 22.6 Å². The van der Waals surface area contributed by atoms with E-state index in [1.165, 1.54) is 0 Å². The van der Waals surface area contributed by atoms with Gasteiger partial charge >= 0.3 is 6.18 Å². The van der Waals surface area contributed by atoms with E-state index in [1.54, 1.807) is 24.4 Å². The van der Waals surface area contributed by atoms with E-state index in [2.05, 4.69) is 31.0 Å². The van der Waals surface area contributed by atoms with Crippen LogP contribution in [0, 0.1) is 12.8 Å². The summed E-state index contributed by atoms with van der Waals surface area (Å²) in [5.41, 5.74) is 4.45. The van der Waals surface area contributed by atoms with Crippen LogP contribution in [-0.4, -0.2) is 81.7 Å². The van der Waals surface area contributed by atoms with Gasteiger partial charge < -0.3 is 14.8 Å². The first-order valence-electron chi connectivity index (χ1n) is 20.8. The molecule has 2 aliphatic heterocycles. The summed E-state index contributed by atoms with van der Waals surface area (Å²) in [5, 5.41) is 14.1. The van der Waals surface area contributed by atoms with Crippen molar-refractivity contribution in [1.82, 2.24) is 29.5 Å². The number of fused-ring (bicyclic) bond motifs is 3. The number of likely N-dealkylation sites (tertiary alicyclic amines) is 2. The number of halogens is 4. The molecule has 17 heteroatoms. The highest BCUT2D eigenvalue weighted by Crippen LogP contribution is 2.49. The van der Waals surface area contributed by atoms with Crippen molar-refractivity contribution in [2.24, 2.45) is 5.92 Å². The van der Waals surface area contributed by atoms with Crippen molar-refractivity contribution < 1.29 is 35.9 Å². The molecule has 3 N–H and O–H groups in total. The van der Waals surface area contributed by atoms with Gasteiger partial charge in [-0.25, -0.2) is 18.4 Å². The molecular weight excluding hydrogens is 843 g/mol. The number of nitrogens with one attached hydrogen (secondary N) is 2. The van der Waals surface area contributed by atoms with Gasteiger partial charge in [-0.3, -0.25) is 24.3 Å². The minimum atomic E-state index is -4.73. The molecule has 10 rings (SSSR count). The number of carbonyl (C=O) groups excluding carboxylic acids is 1. The van der Waals surface area contributed by atoms with E-state index in [4.69, 9.17) is 21.0 Å². The Balaban J connectivity index is 0.930. The van der Waals surface area contributed by atoms with Crippen LogP contribution >= 0.6 is 11.6 Å². The van der Waals surface area contributed by atoms with Gasteiger partial charge in [-0.05, 0) is 110 Å². The average Bonchev–Trinajstić information content (AvgIpc) is 3.48. The molecule has 1 amide bonds. The van der Waals surface area contributed by atoms with Crippen LogP contribution in [0.2, 0.25) is 5.02 Å². The summed E-state index contributed by atoms with van der Waals surface area (Å²) in [6, 6.07) is 16.2. The summed E-state index contributed by atoms with van der Waals surface area (Å²) in [4.78, 5) is 31.1. The molecule has 322 valence electrons. The molecule has 3 fully saturated rings. The van der Waals surface area contributed by atoms with E-state index >= 15 is 13.2 Å². The van der Waals surface area contributed by atoms with Crippen LogP contribution in [0.5, 0.6) is 0 Å². The summed E-state index contributed by atoms with van der Waals surface area (Å²) in [7, 11) is -3.71. The standard InChI is InChI=1S/C45H43ClF3N7O5S/c1-24-30(33-6-3-7-35(39(33)46)52-42-40-26(12-15-50-42)18-25(20-51-40)21-55-16-14-28(57)23-55)4-2-5-31(24)44-53-36-19-34-32(38(41(36)61-44)45(47,48)49)10-11-37(34)56-17-13-27(22-56)43(58)54-62(59,60)29-8-9-29/h2-7,12,15,18-20,27-29,37,57H,8-11,13-14,16-17,21-23H2,1H3,(H,50,52)(H,54,58)/t27-,28-,37-/m1/s1. The zero-order valence-corrected chi connectivity index (χ0v) is 35.2. The molecule has 0 radical (unpaired) electrons. The molecular formula is C45H43ClF3N7O5S. The van der Waals surface area contributed by atoms with E-state index in [1.807, 2.05) is 48.4 Å². The number of alkyl halides is 3. The molecule has 62 heavy (non-hydrogen) atoms. The Bertz CT molecular complexity index is 2890. The summed E-state index contributed by atoms with van der Waals surface area (Å²) >= 11 is 7.12. The smallest absolute Gasteiger partial charge is 0.420 e. The molecule has 4 aliphatic rings. The number of aliphatic hydroxyl groups excluding tert-OH is 1. The molecule has 0 bridgehead atoms. The number of aromatic nitrogens is 3. The second-order valence-corrected chi connectivity index (χ2v) is 19.3. The molecule has 2 aliphatic carbocycles. The number of benzene rings is 3. The molecule has 3 aromatic carbocycles. The minimum absolute atomic E-state index is 0.0385. The van der Waals surface area contributed by atoms with Crippen molar-refractivity contribution in [3.63, 3.8) is 0 Å². The highest BCUT2D eigenvalue weighted by atomic mass is 35.5. The van der Waals surface area contributed by atoms with Crippen molar-refractivity contribution in [3.05, 3.63) is 99.8 Å². The molecule has 3 aromatic heterocycles. The predicted molar refractivity (Wildman–Crippen MR) is 229 cm³/mol. The lowest BCUT2D eigenvalue weighted by molar-refractivity contribution is -0.137. The van der Waals surface area contributed by atoms with Gasteiger partial charge in [0, 0.05) is 61.1 Å². The quantitative estimate of drug-likeness (QED) is 0.122. The largest absolute Gasteiger partial charge is 0.435 e. The lowest BCUT2D eigenvalue weighted by atomic mass is 9.96. The minimum Gasteiger partial charge on any atom is -0.435 e. The van der Waals surface area contributed by atoms with Crippen LogP contribution in [0.3, 0.4) is 0 Å². The van der Waals surface area contributed by atoms with Crippen LogP contribution in [0.1, 0.15) is 66.0 Å². The number of β-amino-alcohol motifs (C(OH)–C–C–N with tert-alkyl or cyclic N) is 1. The Kier molecular flexibility index (Phi) is 10.3. The van der Waals surface area contributed by atoms with Crippen molar-refractivity contribution in [2.75, 3.05) is 31.5 Å². The Morgan fingerprint density at radius 2 is 1.77 bits per heavy atom. The Hall–Kier alpha value is -5.13. The summed E-state index contributed by atoms with van der Waals surface area (Å²) in [6.45, 7) is 4.70. The molecule has 6 aromatic rings. The molecule has 3 atom stereocenters. The van der Waals surface area contributed by atoms with Crippen LogP contribution in [-0.2, 0) is 34.0 Å². The van der Waals surface area contributed by atoms with E-state index < -0.39 is 44.9 Å². The van der Waals surface area contributed by atoms with E-state index in [0.717, 1.165) is 29.5 Å². The van der Waals surface area contributed by atoms with Gasteiger partial charge in [-0.15, -0.1) is 0 Å². The van der Waals surface area contributed by atoms with Gasteiger partial charge in [-0.2, -0.15) is 13.2 Å². The first-order chi connectivity index (χ1) is 29.7. The average molecular weight is 886 g/mol. The Morgan fingerprint density at radius 1 is 0.984 bits per heavy atom. The fourth-order valence-electron chi connectivity index (χ4n) is 9.51. The summed E-state index contributed by atoms with van der Waals surface area (Å²) in [6.07, 6.45) is 1.30. The van der Waals surface area contributed by atoms with E-state index in [-0.39, 0.29) is 41.6 Å². The third-order valence-corrected chi connectivity index (χ3v) is 15.0. The third-order valence-electron chi connectivity index (χ3n) is 12.8. The normalized spacial score (nSPS) is 21.0. The van der Waals surface area contributed by atoms with Crippen LogP contribution in [0.4, 0.5) is 24.7 Å². The number of oxazole rings is 1. The fraction of sp³-hybridized carbons (Fsp3) is 0.378. The number of nitrogens with zero attached hydrogens (tertiary/aromatic N) is 5. The van der Waals surface area contributed by atoms with Crippen LogP contribution < -0.4 is 10.0 Å². The summed E-state index contributed by atoms with van der Waals surface area (Å²) in [5.74, 6) is -0.585.